The topological polar surface area (TPSA) is 39.7 Å². The Morgan fingerprint density at radius 2 is 2.00 bits per heavy atom. The molecule has 3 rings (SSSR count). The third-order valence-electron chi connectivity index (χ3n) is 4.70. The normalized spacial score (nSPS) is 16.3. The van der Waals surface area contributed by atoms with Gasteiger partial charge in [0.2, 0.25) is 0 Å². The molecule has 28 heavy (non-hydrogen) atoms. The number of nitrogens with zero attached hydrogens (tertiary/aromatic N) is 2. The molecule has 152 valence electrons. The van der Waals surface area contributed by atoms with Gasteiger partial charge in [0.15, 0.2) is 5.96 Å². The van der Waals surface area contributed by atoms with Crippen LogP contribution >= 0.6 is 11.3 Å². The minimum Gasteiger partial charge on any atom is -0.363 e. The van der Waals surface area contributed by atoms with Gasteiger partial charge in [0, 0.05) is 32.7 Å². The van der Waals surface area contributed by atoms with Crippen molar-refractivity contribution in [2.75, 3.05) is 25.0 Å². The van der Waals surface area contributed by atoms with Gasteiger partial charge in [-0.3, -0.25) is 4.99 Å². The van der Waals surface area contributed by atoms with Gasteiger partial charge in [0.25, 0.3) is 0 Å². The first kappa shape index (κ1) is 20.4. The van der Waals surface area contributed by atoms with Gasteiger partial charge in [-0.25, -0.2) is 4.39 Å². The van der Waals surface area contributed by atoms with Crippen LogP contribution in [-0.4, -0.2) is 32.1 Å². The van der Waals surface area contributed by atoms with Gasteiger partial charge in [-0.2, -0.15) is 13.2 Å². The Kier molecular flexibility index (Phi) is 6.43. The fraction of sp³-hybridized carbons (Fsp3) is 0.421. The molecule has 1 aliphatic heterocycles. The van der Waals surface area contributed by atoms with Crippen molar-refractivity contribution in [2.45, 2.75) is 31.6 Å². The predicted molar refractivity (Wildman–Crippen MR) is 104 cm³/mol. The number of hydrogen-bond donors (Lipinski definition) is 2. The average molecular weight is 414 g/mol. The van der Waals surface area contributed by atoms with Crippen LogP contribution in [0.4, 0.5) is 22.6 Å². The Hall–Kier alpha value is -2.29. The molecule has 0 atom stereocenters. The molecule has 1 saturated heterocycles. The number of guanidine groups is 1. The van der Waals surface area contributed by atoms with Crippen molar-refractivity contribution in [3.05, 3.63) is 52.7 Å². The molecule has 2 N–H and O–H groups in total. The Bertz CT molecular complexity index is 797. The molecule has 9 heteroatoms. The molecule has 1 aromatic carbocycles. The number of aliphatic imine (C=N–C) groups is 1. The summed E-state index contributed by atoms with van der Waals surface area (Å²) in [5, 5.41) is 9.48. The minimum absolute atomic E-state index is 0.0237. The van der Waals surface area contributed by atoms with E-state index in [4.69, 9.17) is 0 Å². The third-order valence-corrected chi connectivity index (χ3v) is 5.63. The van der Waals surface area contributed by atoms with E-state index in [1.165, 1.54) is 5.00 Å². The van der Waals surface area contributed by atoms with Crippen molar-refractivity contribution in [1.82, 2.24) is 10.6 Å². The van der Waals surface area contributed by atoms with E-state index in [-0.39, 0.29) is 18.2 Å². The van der Waals surface area contributed by atoms with Gasteiger partial charge in [-0.1, -0.05) is 6.07 Å². The number of thiophene rings is 1. The number of benzene rings is 1. The average Bonchev–Trinajstić information content (AvgIpc) is 3.20. The monoisotopic (exact) mass is 414 g/mol. The summed E-state index contributed by atoms with van der Waals surface area (Å²) in [5.41, 5.74) is -0.996. The molecule has 2 heterocycles. The highest BCUT2D eigenvalue weighted by Crippen LogP contribution is 2.32. The number of anilines is 1. The van der Waals surface area contributed by atoms with E-state index >= 15 is 0 Å². The maximum absolute atomic E-state index is 13.2. The second-order valence-corrected chi connectivity index (χ2v) is 7.51. The lowest BCUT2D eigenvalue weighted by atomic mass is 10.1. The number of halogens is 4. The third kappa shape index (κ3) is 5.15. The highest BCUT2D eigenvalue weighted by Gasteiger charge is 2.33. The first-order chi connectivity index (χ1) is 13.4. The second kappa shape index (κ2) is 8.81. The minimum atomic E-state index is -4.61. The van der Waals surface area contributed by atoms with Crippen LogP contribution in [0.5, 0.6) is 0 Å². The fourth-order valence-electron chi connectivity index (χ4n) is 3.23. The Morgan fingerprint density at radius 3 is 2.61 bits per heavy atom. The van der Waals surface area contributed by atoms with E-state index in [0.717, 1.165) is 38.1 Å². The summed E-state index contributed by atoms with van der Waals surface area (Å²) in [4.78, 5) is 6.43. The summed E-state index contributed by atoms with van der Waals surface area (Å²) in [7, 11) is 1.57. The van der Waals surface area contributed by atoms with Crippen LogP contribution < -0.4 is 15.5 Å². The molecule has 1 aromatic heterocycles. The molecule has 2 aromatic rings. The summed E-state index contributed by atoms with van der Waals surface area (Å²) < 4.78 is 52.6. The van der Waals surface area contributed by atoms with E-state index in [1.54, 1.807) is 18.4 Å². The van der Waals surface area contributed by atoms with E-state index in [1.807, 2.05) is 6.07 Å². The predicted octanol–water partition coefficient (Wildman–Crippen LogP) is 4.24. The molecule has 0 saturated carbocycles. The lowest BCUT2D eigenvalue weighted by Gasteiger charge is -2.33. The van der Waals surface area contributed by atoms with Crippen LogP contribution in [0.15, 0.2) is 40.7 Å². The highest BCUT2D eigenvalue weighted by molar-refractivity contribution is 7.14. The Balaban J connectivity index is 1.55. The van der Waals surface area contributed by atoms with Crippen LogP contribution in [0.3, 0.4) is 0 Å². The van der Waals surface area contributed by atoms with Gasteiger partial charge in [-0.15, -0.1) is 11.3 Å². The van der Waals surface area contributed by atoms with Gasteiger partial charge < -0.3 is 15.5 Å². The molecule has 0 amide bonds. The maximum Gasteiger partial charge on any atom is 0.416 e. The summed E-state index contributed by atoms with van der Waals surface area (Å²) >= 11 is 1.71. The molecule has 0 bridgehead atoms. The molecule has 4 nitrogen and oxygen atoms in total. The molecule has 0 radical (unpaired) electrons. The highest BCUT2D eigenvalue weighted by atomic mass is 32.1. The van der Waals surface area contributed by atoms with Crippen molar-refractivity contribution in [2.24, 2.45) is 4.99 Å². The van der Waals surface area contributed by atoms with E-state index < -0.39 is 17.6 Å². The van der Waals surface area contributed by atoms with Crippen LogP contribution in [0.25, 0.3) is 0 Å². The fourth-order valence-corrected chi connectivity index (χ4v) is 4.01. The summed E-state index contributed by atoms with van der Waals surface area (Å²) in [5.74, 6) is -0.469. The van der Waals surface area contributed by atoms with Crippen molar-refractivity contribution in [1.29, 1.82) is 0 Å². The number of hydrogen-bond acceptors (Lipinski definition) is 3. The van der Waals surface area contributed by atoms with Crippen molar-refractivity contribution >= 4 is 22.3 Å². The van der Waals surface area contributed by atoms with Crippen molar-refractivity contribution in [3.63, 3.8) is 0 Å². The maximum atomic E-state index is 13.2. The summed E-state index contributed by atoms with van der Waals surface area (Å²) in [6.45, 7) is 1.72. The second-order valence-electron chi connectivity index (χ2n) is 6.58. The molecular weight excluding hydrogens is 392 g/mol. The smallest absolute Gasteiger partial charge is 0.363 e. The zero-order chi connectivity index (χ0) is 20.1. The van der Waals surface area contributed by atoms with Gasteiger partial charge in [0.1, 0.15) is 5.82 Å². The quantitative estimate of drug-likeness (QED) is 0.447. The molecule has 0 unspecified atom stereocenters. The summed E-state index contributed by atoms with van der Waals surface area (Å²) in [6.07, 6.45) is -2.80. The van der Waals surface area contributed by atoms with E-state index in [2.05, 4.69) is 32.0 Å². The lowest BCUT2D eigenvalue weighted by molar-refractivity contribution is -0.138. The van der Waals surface area contributed by atoms with Crippen LogP contribution in [0.1, 0.15) is 24.0 Å². The Labute approximate surface area is 165 Å². The lowest BCUT2D eigenvalue weighted by Crippen LogP contribution is -2.48. The van der Waals surface area contributed by atoms with Crippen molar-refractivity contribution < 1.29 is 17.6 Å². The standard InChI is InChI=1S/C19H22F4N4S/c1-24-18(25-12-13-4-5-14(20)11-16(13)19(21,22)23)26-15-6-8-27(9-7-15)17-3-2-10-28-17/h2-5,10-11,15H,6-9,12H2,1H3,(H2,24,25,26). The first-order valence-corrected chi connectivity index (χ1v) is 9.86. The van der Waals surface area contributed by atoms with Gasteiger partial charge in [0.05, 0.1) is 10.6 Å². The molecule has 0 spiro atoms. The number of piperidine rings is 1. The van der Waals surface area contributed by atoms with Crippen LogP contribution in [-0.2, 0) is 12.7 Å². The molecule has 1 fully saturated rings. The zero-order valence-corrected chi connectivity index (χ0v) is 16.2. The number of nitrogens with one attached hydrogen (secondary N) is 2. The largest absolute Gasteiger partial charge is 0.416 e. The Morgan fingerprint density at radius 1 is 1.25 bits per heavy atom. The first-order valence-electron chi connectivity index (χ1n) is 8.98. The van der Waals surface area contributed by atoms with Crippen LogP contribution in [0, 0.1) is 5.82 Å². The van der Waals surface area contributed by atoms with E-state index in [0.29, 0.717) is 12.0 Å². The van der Waals surface area contributed by atoms with Gasteiger partial charge >= 0.3 is 6.18 Å². The van der Waals surface area contributed by atoms with E-state index in [9.17, 15) is 17.6 Å². The summed E-state index contributed by atoms with van der Waals surface area (Å²) in [6, 6.07) is 7.02. The SMILES string of the molecule is CN=C(NCc1ccc(F)cc1C(F)(F)F)NC1CCN(c2cccs2)CC1. The van der Waals surface area contributed by atoms with Gasteiger partial charge in [-0.05, 0) is 48.1 Å². The molecule has 0 aliphatic carbocycles. The number of alkyl halides is 3. The zero-order valence-electron chi connectivity index (χ0n) is 15.4. The molecule has 1 aliphatic rings. The number of rotatable bonds is 4. The molecular formula is C19H22F4N4S. The van der Waals surface area contributed by atoms with Crippen molar-refractivity contribution in [3.8, 4) is 0 Å². The van der Waals surface area contributed by atoms with Crippen LogP contribution in [0.2, 0.25) is 0 Å².